The molecule has 0 heterocycles. The second-order valence-corrected chi connectivity index (χ2v) is 8.34. The highest BCUT2D eigenvalue weighted by Gasteiger charge is 2.21. The van der Waals surface area contributed by atoms with Crippen molar-refractivity contribution in [3.63, 3.8) is 0 Å². The maximum Gasteiger partial charge on any atom is 0.0608 e. The highest BCUT2D eigenvalue weighted by molar-refractivity contribution is 7.98. The van der Waals surface area contributed by atoms with Gasteiger partial charge in [-0.15, -0.1) is 0 Å². The van der Waals surface area contributed by atoms with Crippen molar-refractivity contribution in [2.24, 2.45) is 5.92 Å². The third kappa shape index (κ3) is 5.64. The fourth-order valence-corrected chi connectivity index (χ4v) is 2.51. The molecule has 0 aromatic carbocycles. The molecule has 120 valence electrons. The van der Waals surface area contributed by atoms with Crippen LogP contribution in [-0.2, 0) is 10.3 Å². The first-order valence-electron chi connectivity index (χ1n) is 6.89. The van der Waals surface area contributed by atoms with Crippen molar-refractivity contribution in [1.29, 1.82) is 0 Å². The fraction of sp³-hybridized carbons (Fsp3) is 0.714. The van der Waals surface area contributed by atoms with Crippen molar-refractivity contribution >= 4 is 10.3 Å². The van der Waals surface area contributed by atoms with Crippen molar-refractivity contribution in [3.05, 3.63) is 24.6 Å². The molecule has 0 spiro atoms. The van der Waals surface area contributed by atoms with Crippen molar-refractivity contribution < 1.29 is 9.32 Å². The van der Waals surface area contributed by atoms with Gasteiger partial charge in [0.05, 0.1) is 17.5 Å². The molecule has 0 rings (SSSR count). The summed E-state index contributed by atoms with van der Waals surface area (Å²) in [6, 6.07) is 0.0941. The number of aliphatic hydroxyl groups excluding tert-OH is 1. The van der Waals surface area contributed by atoms with E-state index in [0.29, 0.717) is 11.4 Å². The van der Waals surface area contributed by atoms with Crippen molar-refractivity contribution in [1.82, 2.24) is 14.3 Å². The van der Waals surface area contributed by atoms with E-state index < -0.39 is 16.4 Å². The highest BCUT2D eigenvalue weighted by atomic mass is 32.3. The Morgan fingerprint density at radius 1 is 1.30 bits per heavy atom. The molecular weight excluding hydrogens is 274 g/mol. The average molecular weight is 305 g/mol. The number of aliphatic hydroxyl groups is 1. The number of hydrogen-bond donors (Lipinski definition) is 4. The minimum absolute atomic E-state index is 0.0897. The van der Waals surface area contributed by atoms with Gasteiger partial charge in [-0.25, -0.2) is 4.31 Å². The largest absolute Gasteiger partial charge is 0.393 e. The molecule has 0 amide bonds. The smallest absolute Gasteiger partial charge is 0.0608 e. The van der Waals surface area contributed by atoms with Crippen LogP contribution in [0, 0.1) is 5.92 Å². The molecule has 5 nitrogen and oxygen atoms in total. The summed E-state index contributed by atoms with van der Waals surface area (Å²) >= 11 is 0. The summed E-state index contributed by atoms with van der Waals surface area (Å²) in [6.45, 7) is 13.6. The van der Waals surface area contributed by atoms with Crippen LogP contribution in [0.15, 0.2) is 24.6 Å². The molecule has 6 heteroatoms. The molecule has 3 N–H and O–H groups in total. The second kappa shape index (κ2) is 7.81. The Balaban J connectivity index is 4.68. The van der Waals surface area contributed by atoms with Gasteiger partial charge in [0, 0.05) is 28.5 Å². The van der Waals surface area contributed by atoms with E-state index in [1.54, 1.807) is 31.6 Å². The summed E-state index contributed by atoms with van der Waals surface area (Å²) in [4.78, 5) is 0. The normalized spacial score (nSPS) is 17.2. The van der Waals surface area contributed by atoms with Crippen molar-refractivity contribution in [2.45, 2.75) is 39.3 Å². The summed E-state index contributed by atoms with van der Waals surface area (Å²) < 4.78 is 16.8. The molecule has 20 heavy (non-hydrogen) atoms. The van der Waals surface area contributed by atoms with Gasteiger partial charge in [-0.05, 0) is 27.4 Å². The van der Waals surface area contributed by atoms with Crippen LogP contribution in [0.2, 0.25) is 0 Å². The van der Waals surface area contributed by atoms with Crippen LogP contribution < -0.4 is 10.0 Å². The molecule has 0 saturated heterocycles. The minimum Gasteiger partial charge on any atom is -0.393 e. The third-order valence-corrected chi connectivity index (χ3v) is 5.88. The average Bonchev–Trinajstić information content (AvgIpc) is 2.33. The Labute approximate surface area is 124 Å². The Morgan fingerprint density at radius 2 is 1.80 bits per heavy atom. The Morgan fingerprint density at radius 3 is 2.15 bits per heavy atom. The zero-order valence-electron chi connectivity index (χ0n) is 13.6. The summed E-state index contributed by atoms with van der Waals surface area (Å²) in [7, 11) is 0.868. The number of nitrogens with one attached hydrogen (secondary N) is 2. The summed E-state index contributed by atoms with van der Waals surface area (Å²) in [5.74, 6) is 0.0897. The van der Waals surface area contributed by atoms with E-state index in [0.717, 1.165) is 6.42 Å². The lowest BCUT2D eigenvalue weighted by molar-refractivity contribution is 0.112. The quantitative estimate of drug-likeness (QED) is 0.380. The molecule has 3 atom stereocenters. The maximum atomic E-state index is 12.3. The van der Waals surface area contributed by atoms with E-state index >= 15 is 0 Å². The van der Waals surface area contributed by atoms with Gasteiger partial charge in [-0.1, -0.05) is 27.0 Å². The van der Waals surface area contributed by atoms with Gasteiger partial charge >= 0.3 is 0 Å². The first kappa shape index (κ1) is 19.1. The second-order valence-electron chi connectivity index (χ2n) is 5.55. The topological polar surface area (TPSA) is 64.6 Å². The maximum absolute atomic E-state index is 12.3. The van der Waals surface area contributed by atoms with E-state index in [4.69, 9.17) is 0 Å². The molecule has 0 aliphatic carbocycles. The molecule has 0 radical (unpaired) electrons. The van der Waals surface area contributed by atoms with Crippen LogP contribution in [0.1, 0.15) is 27.2 Å². The van der Waals surface area contributed by atoms with E-state index in [1.165, 1.54) is 0 Å². The molecule has 3 unspecified atom stereocenters. The van der Waals surface area contributed by atoms with Crippen LogP contribution in [0.4, 0.5) is 0 Å². The first-order valence-corrected chi connectivity index (χ1v) is 9.00. The standard InChI is InChI=1S/C14H31N3O2S/c1-9-14(10(2)13(5)18)15-11(3)12(4)16-20(8,19)17(6)7/h10,13-15,18,20H,3-4,9H2,1-2,5-8H3,(H,16,19). The molecule has 0 bridgehead atoms. The van der Waals surface area contributed by atoms with E-state index in [2.05, 4.69) is 23.2 Å². The predicted octanol–water partition coefficient (Wildman–Crippen LogP) is 1.03. The molecule has 0 aliphatic rings. The van der Waals surface area contributed by atoms with Gasteiger partial charge in [-0.2, -0.15) is 0 Å². The van der Waals surface area contributed by atoms with Gasteiger partial charge in [0.15, 0.2) is 0 Å². The molecule has 0 aliphatic heterocycles. The summed E-state index contributed by atoms with van der Waals surface area (Å²) in [5.41, 5.74) is 1.12. The first-order chi connectivity index (χ1) is 9.02. The van der Waals surface area contributed by atoms with Crippen LogP contribution in [0.5, 0.6) is 0 Å². The molecular formula is C14H31N3O2S. The fourth-order valence-electron chi connectivity index (χ4n) is 1.67. The van der Waals surface area contributed by atoms with Gasteiger partial charge in [0.2, 0.25) is 0 Å². The van der Waals surface area contributed by atoms with Crippen LogP contribution >= 0.6 is 0 Å². The van der Waals surface area contributed by atoms with Gasteiger partial charge in [-0.3, -0.25) is 4.21 Å². The lowest BCUT2D eigenvalue weighted by Crippen LogP contribution is -2.44. The summed E-state index contributed by atoms with van der Waals surface area (Å²) in [6.07, 6.45) is 2.09. The molecule has 0 aromatic rings. The zero-order chi connectivity index (χ0) is 16.1. The van der Waals surface area contributed by atoms with E-state index in [1.807, 2.05) is 13.8 Å². The number of thiol groups is 1. The minimum atomic E-state index is -2.64. The van der Waals surface area contributed by atoms with Gasteiger partial charge < -0.3 is 15.1 Å². The molecule has 0 aromatic heterocycles. The lowest BCUT2D eigenvalue weighted by Gasteiger charge is -2.32. The SMILES string of the molecule is C=C(NC(CC)C(C)C(C)O)C(=C)N[SH](C)(=O)N(C)C. The predicted molar refractivity (Wildman–Crippen MR) is 88.6 cm³/mol. The molecule has 0 fully saturated rings. The van der Waals surface area contributed by atoms with Crippen molar-refractivity contribution in [3.8, 4) is 0 Å². The zero-order valence-corrected chi connectivity index (χ0v) is 14.5. The van der Waals surface area contributed by atoms with E-state index in [-0.39, 0.29) is 12.0 Å². The highest BCUT2D eigenvalue weighted by Crippen LogP contribution is 2.15. The summed E-state index contributed by atoms with van der Waals surface area (Å²) in [5, 5.41) is 12.9. The number of nitrogens with zero attached hydrogens (tertiary/aromatic N) is 1. The Kier molecular flexibility index (Phi) is 7.47. The van der Waals surface area contributed by atoms with Crippen molar-refractivity contribution in [2.75, 3.05) is 20.4 Å². The van der Waals surface area contributed by atoms with Crippen LogP contribution in [0.3, 0.4) is 0 Å². The number of rotatable bonds is 9. The van der Waals surface area contributed by atoms with E-state index in [9.17, 15) is 9.32 Å². The molecule has 0 saturated carbocycles. The Bertz CT molecular complexity index is 394. The van der Waals surface area contributed by atoms with Gasteiger partial charge in [0.25, 0.3) is 0 Å². The monoisotopic (exact) mass is 305 g/mol. The van der Waals surface area contributed by atoms with Gasteiger partial charge in [0.1, 0.15) is 0 Å². The lowest BCUT2D eigenvalue weighted by atomic mass is 9.94. The Hall–Kier alpha value is -0.850. The van der Waals surface area contributed by atoms with Crippen LogP contribution in [0.25, 0.3) is 0 Å². The third-order valence-electron chi connectivity index (χ3n) is 3.67. The number of hydrogen-bond acceptors (Lipinski definition) is 3. The van der Waals surface area contributed by atoms with Crippen LogP contribution in [-0.4, -0.2) is 46.1 Å².